The Bertz CT molecular complexity index is 354. The lowest BCUT2D eigenvalue weighted by atomic mass is 10.1. The molecule has 0 aliphatic rings. The zero-order valence-electron chi connectivity index (χ0n) is 7.56. The van der Waals surface area contributed by atoms with Crippen LogP contribution in [0.25, 0.3) is 0 Å². The molecule has 1 rings (SSSR count). The predicted octanol–water partition coefficient (Wildman–Crippen LogP) is 3.37. The van der Waals surface area contributed by atoms with Crippen LogP contribution in [0.2, 0.25) is 5.02 Å². The van der Waals surface area contributed by atoms with Gasteiger partial charge in [-0.15, -0.1) is 0 Å². The molecule has 1 nitrogen and oxygen atoms in total. The summed E-state index contributed by atoms with van der Waals surface area (Å²) in [5, 5.41) is 0.361. The van der Waals surface area contributed by atoms with Gasteiger partial charge in [0.05, 0.1) is 4.83 Å². The summed E-state index contributed by atoms with van der Waals surface area (Å²) in [5.74, 6) is -0.387. The van der Waals surface area contributed by atoms with E-state index in [0.717, 1.165) is 0 Å². The lowest BCUT2D eigenvalue weighted by molar-refractivity contribution is -0.116. The zero-order chi connectivity index (χ0) is 10.7. The average Bonchev–Trinajstić information content (AvgIpc) is 2.09. The first kappa shape index (κ1) is 11.7. The van der Waals surface area contributed by atoms with Crippen LogP contribution in [0.4, 0.5) is 4.39 Å². The van der Waals surface area contributed by atoms with Crippen LogP contribution < -0.4 is 0 Å². The molecule has 1 aromatic rings. The van der Waals surface area contributed by atoms with Gasteiger partial charge in [0.25, 0.3) is 0 Å². The molecule has 0 spiro atoms. The van der Waals surface area contributed by atoms with Crippen molar-refractivity contribution in [3.63, 3.8) is 0 Å². The minimum Gasteiger partial charge on any atom is -0.299 e. The van der Waals surface area contributed by atoms with Crippen molar-refractivity contribution in [2.45, 2.75) is 18.2 Å². The van der Waals surface area contributed by atoms with E-state index < -0.39 is 0 Å². The van der Waals surface area contributed by atoms with E-state index in [2.05, 4.69) is 15.9 Å². The molecule has 4 heteroatoms. The van der Waals surface area contributed by atoms with Gasteiger partial charge in [-0.2, -0.15) is 0 Å². The van der Waals surface area contributed by atoms with E-state index in [1.54, 1.807) is 12.1 Å². The maximum absolute atomic E-state index is 13.3. The van der Waals surface area contributed by atoms with Gasteiger partial charge < -0.3 is 0 Å². The zero-order valence-corrected chi connectivity index (χ0v) is 9.90. The summed E-state index contributed by atoms with van der Waals surface area (Å²) in [4.78, 5) is 10.6. The summed E-state index contributed by atoms with van der Waals surface area (Å²) < 4.78 is 13.3. The number of ketones is 1. The maximum atomic E-state index is 13.3. The van der Waals surface area contributed by atoms with Gasteiger partial charge in [0.15, 0.2) is 0 Å². The van der Waals surface area contributed by atoms with Crippen LogP contribution in [-0.2, 0) is 11.2 Å². The van der Waals surface area contributed by atoms with Gasteiger partial charge in [0, 0.05) is 5.02 Å². The quantitative estimate of drug-likeness (QED) is 0.775. The number of alkyl halides is 1. The summed E-state index contributed by atoms with van der Waals surface area (Å²) in [6, 6.07) is 4.45. The standard InChI is InChI=1S/C10H9BrClFO/c1-6(14)9(11)4-7-2-3-8(12)5-10(7)13/h2-3,5,9H,4H2,1H3. The van der Waals surface area contributed by atoms with Crippen LogP contribution in [0.15, 0.2) is 18.2 Å². The van der Waals surface area contributed by atoms with Crippen LogP contribution in [-0.4, -0.2) is 10.6 Å². The van der Waals surface area contributed by atoms with E-state index in [1.165, 1.54) is 13.0 Å². The fourth-order valence-electron chi connectivity index (χ4n) is 1.02. The highest BCUT2D eigenvalue weighted by Crippen LogP contribution is 2.18. The van der Waals surface area contributed by atoms with Crippen LogP contribution in [0, 0.1) is 5.82 Å². The Morgan fingerprint density at radius 1 is 1.64 bits per heavy atom. The first-order valence-electron chi connectivity index (χ1n) is 4.09. The van der Waals surface area contributed by atoms with E-state index in [0.29, 0.717) is 17.0 Å². The Balaban J connectivity index is 2.82. The monoisotopic (exact) mass is 278 g/mol. The number of benzene rings is 1. The molecule has 0 fully saturated rings. The third-order valence-electron chi connectivity index (χ3n) is 1.86. The van der Waals surface area contributed by atoms with Gasteiger partial charge in [-0.3, -0.25) is 4.79 Å². The average molecular weight is 280 g/mol. The van der Waals surface area contributed by atoms with Crippen molar-refractivity contribution in [1.29, 1.82) is 0 Å². The molecular weight excluding hydrogens is 270 g/mol. The topological polar surface area (TPSA) is 17.1 Å². The number of rotatable bonds is 3. The first-order valence-corrected chi connectivity index (χ1v) is 5.38. The molecule has 0 radical (unpaired) electrons. The molecular formula is C10H9BrClFO. The molecule has 0 aliphatic heterocycles. The normalized spacial score (nSPS) is 12.6. The highest BCUT2D eigenvalue weighted by atomic mass is 79.9. The molecule has 1 aromatic carbocycles. The Morgan fingerprint density at radius 3 is 2.79 bits per heavy atom. The Morgan fingerprint density at radius 2 is 2.29 bits per heavy atom. The second-order valence-electron chi connectivity index (χ2n) is 3.02. The summed E-state index contributed by atoms with van der Waals surface area (Å²) in [5.41, 5.74) is 0.492. The smallest absolute Gasteiger partial charge is 0.143 e. The fraction of sp³-hybridized carbons (Fsp3) is 0.300. The number of carbonyl (C=O) groups excluding carboxylic acids is 1. The lowest BCUT2D eigenvalue weighted by Crippen LogP contribution is -2.13. The van der Waals surface area contributed by atoms with E-state index in [9.17, 15) is 9.18 Å². The van der Waals surface area contributed by atoms with Gasteiger partial charge in [-0.25, -0.2) is 4.39 Å². The van der Waals surface area contributed by atoms with E-state index in [1.807, 2.05) is 0 Å². The van der Waals surface area contributed by atoms with Crippen molar-refractivity contribution in [3.05, 3.63) is 34.6 Å². The molecule has 0 saturated heterocycles. The van der Waals surface area contributed by atoms with Gasteiger partial charge in [-0.05, 0) is 31.0 Å². The van der Waals surface area contributed by atoms with E-state index in [-0.39, 0.29) is 16.4 Å². The lowest BCUT2D eigenvalue weighted by Gasteiger charge is -2.06. The highest BCUT2D eigenvalue weighted by molar-refractivity contribution is 9.10. The van der Waals surface area contributed by atoms with Crippen LogP contribution in [0.5, 0.6) is 0 Å². The Hall–Kier alpha value is -0.410. The van der Waals surface area contributed by atoms with Crippen molar-refractivity contribution >= 4 is 33.3 Å². The summed E-state index contributed by atoms with van der Waals surface area (Å²) >= 11 is 8.78. The van der Waals surface area contributed by atoms with Crippen molar-refractivity contribution in [2.75, 3.05) is 0 Å². The predicted molar refractivity (Wildman–Crippen MR) is 58.5 cm³/mol. The Kier molecular flexibility index (Phi) is 4.08. The highest BCUT2D eigenvalue weighted by Gasteiger charge is 2.13. The minimum absolute atomic E-state index is 0.0145. The Labute approximate surface area is 95.4 Å². The molecule has 0 amide bonds. The minimum atomic E-state index is -0.372. The number of hydrogen-bond acceptors (Lipinski definition) is 1. The second kappa shape index (κ2) is 4.89. The molecule has 0 aromatic heterocycles. The third-order valence-corrected chi connectivity index (χ3v) is 3.06. The van der Waals surface area contributed by atoms with Crippen molar-refractivity contribution in [1.82, 2.24) is 0 Å². The van der Waals surface area contributed by atoms with Crippen molar-refractivity contribution < 1.29 is 9.18 Å². The van der Waals surface area contributed by atoms with Crippen LogP contribution in [0.1, 0.15) is 12.5 Å². The van der Waals surface area contributed by atoms with Gasteiger partial charge in [0.2, 0.25) is 0 Å². The molecule has 0 heterocycles. The largest absolute Gasteiger partial charge is 0.299 e. The van der Waals surface area contributed by atoms with E-state index >= 15 is 0 Å². The van der Waals surface area contributed by atoms with Crippen molar-refractivity contribution in [3.8, 4) is 0 Å². The molecule has 76 valence electrons. The molecule has 1 atom stereocenters. The molecule has 0 N–H and O–H groups in total. The molecule has 0 saturated carbocycles. The summed E-state index contributed by atoms with van der Waals surface area (Å²) in [6.07, 6.45) is 0.346. The second-order valence-corrected chi connectivity index (χ2v) is 4.56. The van der Waals surface area contributed by atoms with Crippen LogP contribution >= 0.6 is 27.5 Å². The molecule has 0 aliphatic carbocycles. The molecule has 1 unspecified atom stereocenters. The summed E-state index contributed by atoms with van der Waals surface area (Å²) in [7, 11) is 0. The van der Waals surface area contributed by atoms with Gasteiger partial charge in [0.1, 0.15) is 11.6 Å². The van der Waals surface area contributed by atoms with Crippen LogP contribution in [0.3, 0.4) is 0 Å². The number of halogens is 3. The van der Waals surface area contributed by atoms with Gasteiger partial charge >= 0.3 is 0 Å². The number of hydrogen-bond donors (Lipinski definition) is 0. The molecule has 14 heavy (non-hydrogen) atoms. The van der Waals surface area contributed by atoms with E-state index in [4.69, 9.17) is 11.6 Å². The SMILES string of the molecule is CC(=O)C(Br)Cc1ccc(Cl)cc1F. The summed E-state index contributed by atoms with van der Waals surface area (Å²) in [6.45, 7) is 1.47. The third kappa shape index (κ3) is 3.07. The maximum Gasteiger partial charge on any atom is 0.143 e. The fourth-order valence-corrected chi connectivity index (χ4v) is 1.53. The van der Waals surface area contributed by atoms with Gasteiger partial charge in [-0.1, -0.05) is 33.6 Å². The number of carbonyl (C=O) groups is 1. The molecule has 0 bridgehead atoms. The van der Waals surface area contributed by atoms with Crippen molar-refractivity contribution in [2.24, 2.45) is 0 Å². The number of Topliss-reactive ketones (excluding diaryl/α,β-unsaturated/α-hetero) is 1. The first-order chi connectivity index (χ1) is 6.50.